The first-order valence-electron chi connectivity index (χ1n) is 6.74. The highest BCUT2D eigenvalue weighted by Gasteiger charge is 2.27. The van der Waals surface area contributed by atoms with Gasteiger partial charge >= 0.3 is 5.97 Å². The molecule has 2 rings (SSSR count). The molecule has 0 radical (unpaired) electrons. The Kier molecular flexibility index (Phi) is 5.51. The first-order valence-corrected chi connectivity index (χ1v) is 6.74. The molecule has 5 nitrogen and oxygen atoms in total. The molecule has 0 saturated carbocycles. The highest BCUT2D eigenvalue weighted by atomic mass is 19.2. The van der Waals surface area contributed by atoms with Gasteiger partial charge < -0.3 is 10.1 Å². The van der Waals surface area contributed by atoms with Crippen LogP contribution in [-0.2, 0) is 9.53 Å². The molecule has 0 aliphatic carbocycles. The molecule has 0 spiro atoms. The van der Waals surface area contributed by atoms with Crippen molar-refractivity contribution in [1.29, 1.82) is 5.26 Å². The van der Waals surface area contributed by atoms with Crippen molar-refractivity contribution in [1.82, 2.24) is 0 Å². The van der Waals surface area contributed by atoms with E-state index in [4.69, 9.17) is 5.26 Å². The lowest BCUT2D eigenvalue weighted by molar-refractivity contribution is -0.119. The molecule has 0 fully saturated rings. The summed E-state index contributed by atoms with van der Waals surface area (Å²) in [5.41, 5.74) is -1.31. The molecule has 1 amide bonds. The number of ether oxygens (including phenoxy) is 1. The van der Waals surface area contributed by atoms with Gasteiger partial charge in [0.1, 0.15) is 5.69 Å². The lowest BCUT2D eigenvalue weighted by Gasteiger charge is -2.10. The number of carbonyl (C=O) groups is 2. The highest BCUT2D eigenvalue weighted by Crippen LogP contribution is 2.27. The van der Waals surface area contributed by atoms with Crippen molar-refractivity contribution in [3.8, 4) is 6.07 Å². The molecule has 0 atom stereocenters. The third-order valence-electron chi connectivity index (χ3n) is 3.06. The van der Waals surface area contributed by atoms with Crippen LogP contribution >= 0.6 is 0 Å². The van der Waals surface area contributed by atoms with Crippen LogP contribution in [0.3, 0.4) is 0 Å². The predicted octanol–water partition coefficient (Wildman–Crippen LogP) is 3.05. The Labute approximate surface area is 142 Å². The maximum atomic E-state index is 13.4. The Bertz CT molecular complexity index is 894. The summed E-state index contributed by atoms with van der Waals surface area (Å²) in [5.74, 6) is -13.6. The molecule has 0 bridgehead atoms. The van der Waals surface area contributed by atoms with E-state index in [-0.39, 0.29) is 11.1 Å². The van der Waals surface area contributed by atoms with Crippen LogP contribution in [0, 0.1) is 40.4 Å². The lowest BCUT2D eigenvalue weighted by Crippen LogP contribution is -2.23. The fourth-order valence-electron chi connectivity index (χ4n) is 1.79. The monoisotopic (exact) mass is 370 g/mol. The highest BCUT2D eigenvalue weighted by molar-refractivity contribution is 5.95. The lowest BCUT2D eigenvalue weighted by atomic mass is 10.1. The van der Waals surface area contributed by atoms with Crippen LogP contribution < -0.4 is 5.32 Å². The van der Waals surface area contributed by atoms with Crippen molar-refractivity contribution in [2.24, 2.45) is 0 Å². The number of halogens is 5. The number of nitrogens with one attached hydrogen (secondary N) is 1. The van der Waals surface area contributed by atoms with Gasteiger partial charge in [-0.15, -0.1) is 0 Å². The van der Waals surface area contributed by atoms with Gasteiger partial charge in [0.2, 0.25) is 5.82 Å². The first-order chi connectivity index (χ1) is 12.3. The van der Waals surface area contributed by atoms with Crippen LogP contribution in [0.1, 0.15) is 15.9 Å². The van der Waals surface area contributed by atoms with Crippen molar-refractivity contribution >= 4 is 17.6 Å². The minimum Gasteiger partial charge on any atom is -0.452 e. The van der Waals surface area contributed by atoms with E-state index in [2.05, 4.69) is 4.74 Å². The smallest absolute Gasteiger partial charge is 0.338 e. The largest absolute Gasteiger partial charge is 0.452 e. The van der Waals surface area contributed by atoms with Crippen molar-refractivity contribution in [3.63, 3.8) is 0 Å². The van der Waals surface area contributed by atoms with Gasteiger partial charge in [0.15, 0.2) is 29.9 Å². The van der Waals surface area contributed by atoms with Crippen molar-refractivity contribution < 1.29 is 36.3 Å². The third-order valence-corrected chi connectivity index (χ3v) is 3.06. The second-order valence-corrected chi connectivity index (χ2v) is 4.76. The summed E-state index contributed by atoms with van der Waals surface area (Å²) in [6.07, 6.45) is 0. The summed E-state index contributed by atoms with van der Waals surface area (Å²) in [7, 11) is 0. The summed E-state index contributed by atoms with van der Waals surface area (Å²) < 4.78 is 70.4. The van der Waals surface area contributed by atoms with E-state index < -0.39 is 53.3 Å². The summed E-state index contributed by atoms with van der Waals surface area (Å²) in [6, 6.07) is 6.92. The third kappa shape index (κ3) is 3.77. The Morgan fingerprint density at radius 2 is 1.42 bits per heavy atom. The molecule has 0 heterocycles. The number of nitrogens with zero attached hydrogens (tertiary/aromatic N) is 1. The zero-order chi connectivity index (χ0) is 19.4. The number of benzene rings is 2. The van der Waals surface area contributed by atoms with E-state index in [1.54, 1.807) is 0 Å². The van der Waals surface area contributed by atoms with Crippen LogP contribution in [-0.4, -0.2) is 18.5 Å². The Morgan fingerprint density at radius 3 is 1.92 bits per heavy atom. The molecule has 0 unspecified atom stereocenters. The molecule has 0 saturated heterocycles. The van der Waals surface area contributed by atoms with E-state index in [1.807, 2.05) is 6.07 Å². The number of esters is 1. The number of rotatable bonds is 4. The van der Waals surface area contributed by atoms with Crippen LogP contribution in [0.15, 0.2) is 24.3 Å². The van der Waals surface area contributed by atoms with Crippen LogP contribution in [0.4, 0.5) is 27.6 Å². The summed E-state index contributed by atoms with van der Waals surface area (Å²) in [4.78, 5) is 23.2. The molecule has 10 heteroatoms. The standard InChI is InChI=1S/C16H7F5N2O3/c17-10-11(18)13(20)15(14(21)12(10)19)23-9(24)6-26-16(25)8-3-1-7(5-22)2-4-8/h1-4H,6H2,(H,23,24). The minimum absolute atomic E-state index is 0.0203. The molecule has 134 valence electrons. The van der Waals surface area contributed by atoms with E-state index in [0.717, 1.165) is 0 Å². The van der Waals surface area contributed by atoms with Crippen molar-refractivity contribution in [2.45, 2.75) is 0 Å². The van der Waals surface area contributed by atoms with Gasteiger partial charge in [-0.1, -0.05) is 0 Å². The number of carbonyl (C=O) groups excluding carboxylic acids is 2. The van der Waals surface area contributed by atoms with Crippen LogP contribution in [0.2, 0.25) is 0 Å². The molecule has 0 aliphatic heterocycles. The molecule has 1 N–H and O–H groups in total. The normalized spacial score (nSPS) is 10.2. The Balaban J connectivity index is 2.05. The number of anilines is 1. The van der Waals surface area contributed by atoms with Gasteiger partial charge in [0, 0.05) is 0 Å². The fourth-order valence-corrected chi connectivity index (χ4v) is 1.79. The maximum absolute atomic E-state index is 13.4. The van der Waals surface area contributed by atoms with Gasteiger partial charge in [-0.2, -0.15) is 5.26 Å². The fraction of sp³-hybridized carbons (Fsp3) is 0.0625. The van der Waals surface area contributed by atoms with Crippen LogP contribution in [0.25, 0.3) is 0 Å². The average molecular weight is 370 g/mol. The average Bonchev–Trinajstić information content (AvgIpc) is 2.66. The van der Waals surface area contributed by atoms with Gasteiger partial charge in [-0.25, -0.2) is 26.7 Å². The summed E-state index contributed by atoms with van der Waals surface area (Å²) in [5, 5.41) is 10.1. The van der Waals surface area contributed by atoms with Crippen LogP contribution in [0.5, 0.6) is 0 Å². The zero-order valence-corrected chi connectivity index (χ0v) is 12.6. The van der Waals surface area contributed by atoms with Gasteiger partial charge in [0.25, 0.3) is 5.91 Å². The zero-order valence-electron chi connectivity index (χ0n) is 12.6. The number of nitriles is 1. The number of hydrogen-bond donors (Lipinski definition) is 1. The second-order valence-electron chi connectivity index (χ2n) is 4.76. The van der Waals surface area contributed by atoms with Crippen molar-refractivity contribution in [3.05, 3.63) is 64.5 Å². The van der Waals surface area contributed by atoms with Gasteiger partial charge in [0.05, 0.1) is 17.2 Å². The van der Waals surface area contributed by atoms with Gasteiger partial charge in [-0.05, 0) is 24.3 Å². The molecule has 0 aliphatic rings. The topological polar surface area (TPSA) is 79.2 Å². The Hall–Kier alpha value is -3.48. The predicted molar refractivity (Wildman–Crippen MR) is 76.3 cm³/mol. The number of amides is 1. The molecule has 2 aromatic carbocycles. The maximum Gasteiger partial charge on any atom is 0.338 e. The molecule has 2 aromatic rings. The van der Waals surface area contributed by atoms with E-state index in [9.17, 15) is 31.5 Å². The minimum atomic E-state index is -2.37. The first kappa shape index (κ1) is 18.9. The van der Waals surface area contributed by atoms with Gasteiger partial charge in [-0.3, -0.25) is 4.79 Å². The molecule has 0 aromatic heterocycles. The summed E-state index contributed by atoms with van der Waals surface area (Å²) in [6.45, 7) is -1.04. The van der Waals surface area contributed by atoms with E-state index >= 15 is 0 Å². The second kappa shape index (κ2) is 7.60. The Morgan fingerprint density at radius 1 is 0.923 bits per heavy atom. The molecular weight excluding hydrogens is 363 g/mol. The number of hydrogen-bond acceptors (Lipinski definition) is 4. The van der Waals surface area contributed by atoms with E-state index in [1.165, 1.54) is 29.6 Å². The SMILES string of the molecule is N#Cc1ccc(C(=O)OCC(=O)Nc2c(F)c(F)c(F)c(F)c2F)cc1. The molecular formula is C16H7F5N2O3. The quantitative estimate of drug-likeness (QED) is 0.388. The van der Waals surface area contributed by atoms with Crippen molar-refractivity contribution in [2.75, 3.05) is 11.9 Å². The van der Waals surface area contributed by atoms with E-state index in [0.29, 0.717) is 0 Å². The summed E-state index contributed by atoms with van der Waals surface area (Å²) >= 11 is 0. The molecule has 26 heavy (non-hydrogen) atoms.